The van der Waals surface area contributed by atoms with Crippen LogP contribution in [0.4, 0.5) is 5.69 Å². The number of allylic oxidation sites excluding steroid dienone is 2. The van der Waals surface area contributed by atoms with Gasteiger partial charge in [-0.15, -0.1) is 0 Å². The minimum atomic E-state index is 0. The lowest BCUT2D eigenvalue weighted by Crippen LogP contribution is -3.00. The van der Waals surface area contributed by atoms with Gasteiger partial charge in [-0.05, 0) is 29.8 Å². The monoisotopic (exact) mass is 470 g/mol. The van der Waals surface area contributed by atoms with Gasteiger partial charge in [0.2, 0.25) is 5.52 Å². The molecule has 0 bridgehead atoms. The van der Waals surface area contributed by atoms with E-state index in [1.54, 1.807) is 11.8 Å². The molecule has 0 saturated heterocycles. The van der Waals surface area contributed by atoms with Gasteiger partial charge >= 0.3 is 0 Å². The van der Waals surface area contributed by atoms with Crippen LogP contribution in [0.1, 0.15) is 5.56 Å². The number of β-amino-alcohol motifs (C(OH)–C–C–N with tert-alkyl or cyclic N) is 1. The van der Waals surface area contributed by atoms with Crippen molar-refractivity contribution in [1.82, 2.24) is 0 Å². The summed E-state index contributed by atoms with van der Waals surface area (Å²) in [6.45, 7) is 1.40. The number of fused-ring (bicyclic) bond motifs is 2. The molecule has 2 heterocycles. The Kier molecular flexibility index (Phi) is 7.50. The first kappa shape index (κ1) is 21.6. The van der Waals surface area contributed by atoms with E-state index < -0.39 is 0 Å². The molecule has 2 aromatic carbocycles. The first-order valence-corrected chi connectivity index (χ1v) is 10.2. The number of hydrogen-bond donors (Lipinski definition) is 2. The second-order valence-corrected chi connectivity index (χ2v) is 7.58. The number of anilines is 1. The number of para-hydroxylation sites is 2. The zero-order valence-electron chi connectivity index (χ0n) is 15.9. The Hall–Kier alpha value is -2.12. The topological polar surface area (TPSA) is 47.6 Å². The number of benzene rings is 2. The summed E-state index contributed by atoms with van der Waals surface area (Å²) >= 11 is 1.72. The third kappa shape index (κ3) is 4.56. The number of pyridine rings is 1. The third-order valence-corrected chi connectivity index (χ3v) is 5.90. The van der Waals surface area contributed by atoms with Crippen molar-refractivity contribution < 1.29 is 31.8 Å². The lowest BCUT2D eigenvalue weighted by Gasteiger charge is -2.18. The van der Waals surface area contributed by atoms with E-state index in [0.717, 1.165) is 27.2 Å². The summed E-state index contributed by atoms with van der Waals surface area (Å²) in [4.78, 5) is 3.37. The number of halogens is 1. The molecule has 6 heteroatoms. The van der Waals surface area contributed by atoms with E-state index in [2.05, 4.69) is 58.0 Å². The van der Waals surface area contributed by atoms with E-state index in [-0.39, 0.29) is 30.2 Å². The molecule has 4 rings (SSSR count). The quantitative estimate of drug-likeness (QED) is 0.517. The highest BCUT2D eigenvalue weighted by Gasteiger charge is 2.23. The molecule has 1 aromatic heterocycles. The molecular formula is C23H23BrN2O2S. The van der Waals surface area contributed by atoms with Crippen molar-refractivity contribution in [2.24, 2.45) is 0 Å². The molecule has 150 valence electrons. The maximum Gasteiger partial charge on any atom is 0.213 e. The van der Waals surface area contributed by atoms with Gasteiger partial charge in [-0.1, -0.05) is 48.2 Å². The van der Waals surface area contributed by atoms with Gasteiger partial charge in [0.15, 0.2) is 12.7 Å². The Morgan fingerprint density at radius 3 is 2.59 bits per heavy atom. The number of nitrogens with zero attached hydrogens (tertiary/aromatic N) is 2. The van der Waals surface area contributed by atoms with Crippen molar-refractivity contribution in [3.05, 3.63) is 83.5 Å². The maximum atomic E-state index is 9.45. The van der Waals surface area contributed by atoms with Crippen molar-refractivity contribution in [3.63, 3.8) is 0 Å². The first-order chi connectivity index (χ1) is 13.8. The molecule has 29 heavy (non-hydrogen) atoms. The minimum Gasteiger partial charge on any atom is -1.00 e. The average Bonchev–Trinajstić information content (AvgIpc) is 3.07. The Bertz CT molecular complexity index is 1050. The molecule has 0 aliphatic carbocycles. The van der Waals surface area contributed by atoms with Crippen LogP contribution in [0.15, 0.2) is 82.9 Å². The van der Waals surface area contributed by atoms with E-state index >= 15 is 0 Å². The van der Waals surface area contributed by atoms with Crippen LogP contribution >= 0.6 is 11.8 Å². The van der Waals surface area contributed by atoms with Crippen LogP contribution in [0.25, 0.3) is 17.0 Å². The summed E-state index contributed by atoms with van der Waals surface area (Å²) in [7, 11) is 0. The summed E-state index contributed by atoms with van der Waals surface area (Å²) in [6.07, 6.45) is 8.30. The fourth-order valence-electron chi connectivity index (χ4n) is 3.50. The molecule has 0 atom stereocenters. The second-order valence-electron chi connectivity index (χ2n) is 6.51. The normalized spacial score (nSPS) is 14.6. The van der Waals surface area contributed by atoms with Gasteiger partial charge in [0, 0.05) is 23.6 Å². The van der Waals surface area contributed by atoms with Crippen molar-refractivity contribution in [2.75, 3.05) is 24.7 Å². The smallest absolute Gasteiger partial charge is 0.213 e. The SMILES string of the molecule is OCCN1/C(=C\C=C\c2cc[n+](CCO)c3ccccc23)Sc2ccccc21.[Br-]. The molecule has 0 unspecified atom stereocenters. The van der Waals surface area contributed by atoms with Crippen molar-refractivity contribution in [1.29, 1.82) is 0 Å². The van der Waals surface area contributed by atoms with Crippen LogP contribution in [0.5, 0.6) is 0 Å². The van der Waals surface area contributed by atoms with Crippen molar-refractivity contribution >= 4 is 34.4 Å². The van der Waals surface area contributed by atoms with Gasteiger partial charge in [-0.2, -0.15) is 4.57 Å². The molecule has 0 spiro atoms. The standard InChI is InChI=1S/C23H23N2O2S.BrH/c26-16-14-24-13-12-18(19-7-1-2-8-20(19)24)6-5-11-23-25(15-17-27)21-9-3-4-10-22(21)28-23;/h1-13,26-27H,14-17H2;1H/q+1;/p-1. The lowest BCUT2D eigenvalue weighted by atomic mass is 10.1. The number of hydrogen-bond acceptors (Lipinski definition) is 4. The predicted molar refractivity (Wildman–Crippen MR) is 115 cm³/mol. The lowest BCUT2D eigenvalue weighted by molar-refractivity contribution is -0.672. The Labute approximate surface area is 185 Å². The van der Waals surface area contributed by atoms with Gasteiger partial charge in [0.25, 0.3) is 0 Å². The fourth-order valence-corrected chi connectivity index (χ4v) is 4.60. The summed E-state index contributed by atoms with van der Waals surface area (Å²) in [6, 6.07) is 18.6. The Morgan fingerprint density at radius 1 is 0.966 bits per heavy atom. The highest BCUT2D eigenvalue weighted by molar-refractivity contribution is 8.03. The molecule has 4 nitrogen and oxygen atoms in total. The van der Waals surface area contributed by atoms with E-state index in [9.17, 15) is 10.2 Å². The van der Waals surface area contributed by atoms with Crippen LogP contribution in [-0.4, -0.2) is 30.0 Å². The number of rotatable bonds is 6. The van der Waals surface area contributed by atoms with Gasteiger partial charge in [-0.3, -0.25) is 0 Å². The van der Waals surface area contributed by atoms with E-state index in [4.69, 9.17) is 0 Å². The minimum absolute atomic E-state index is 0. The Morgan fingerprint density at radius 2 is 1.76 bits per heavy atom. The summed E-state index contributed by atoms with van der Waals surface area (Å²) in [5.41, 5.74) is 3.39. The van der Waals surface area contributed by atoms with Gasteiger partial charge in [0.05, 0.1) is 22.7 Å². The van der Waals surface area contributed by atoms with E-state index in [1.807, 2.05) is 30.5 Å². The molecule has 2 N–H and O–H groups in total. The first-order valence-electron chi connectivity index (χ1n) is 9.37. The molecular weight excluding hydrogens is 448 g/mol. The van der Waals surface area contributed by atoms with Gasteiger partial charge in [0.1, 0.15) is 6.61 Å². The van der Waals surface area contributed by atoms with E-state index in [1.165, 1.54) is 4.90 Å². The molecule has 1 aliphatic heterocycles. The largest absolute Gasteiger partial charge is 1.00 e. The van der Waals surface area contributed by atoms with Crippen molar-refractivity contribution in [2.45, 2.75) is 11.4 Å². The van der Waals surface area contributed by atoms with Crippen LogP contribution in [0.2, 0.25) is 0 Å². The van der Waals surface area contributed by atoms with Crippen LogP contribution in [-0.2, 0) is 6.54 Å². The zero-order chi connectivity index (χ0) is 19.3. The number of aliphatic hydroxyl groups excluding tert-OH is 2. The van der Waals surface area contributed by atoms with Gasteiger partial charge < -0.3 is 32.1 Å². The molecule has 0 saturated carbocycles. The molecule has 3 aromatic rings. The van der Waals surface area contributed by atoms with Crippen LogP contribution < -0.4 is 26.4 Å². The number of thioether (sulfide) groups is 1. The average molecular weight is 471 g/mol. The Balaban J connectivity index is 0.00000240. The molecule has 0 fully saturated rings. The van der Waals surface area contributed by atoms with Crippen LogP contribution in [0, 0.1) is 0 Å². The van der Waals surface area contributed by atoms with Crippen molar-refractivity contribution in [3.8, 4) is 0 Å². The summed E-state index contributed by atoms with van der Waals surface area (Å²) in [5.74, 6) is 0. The highest BCUT2D eigenvalue weighted by Crippen LogP contribution is 2.45. The molecule has 1 aliphatic rings. The zero-order valence-corrected chi connectivity index (χ0v) is 18.3. The summed E-state index contributed by atoms with van der Waals surface area (Å²) in [5, 5.41) is 21.0. The van der Waals surface area contributed by atoms with Gasteiger partial charge in [-0.25, -0.2) is 0 Å². The fraction of sp³-hybridized carbons (Fsp3) is 0.174. The maximum absolute atomic E-state index is 9.45. The third-order valence-electron chi connectivity index (χ3n) is 4.77. The molecule has 0 radical (unpaired) electrons. The predicted octanol–water partition coefficient (Wildman–Crippen LogP) is 0.583. The number of aromatic nitrogens is 1. The van der Waals surface area contributed by atoms with E-state index in [0.29, 0.717) is 13.1 Å². The molecule has 0 amide bonds. The number of aliphatic hydroxyl groups is 2. The van der Waals surface area contributed by atoms with Crippen LogP contribution in [0.3, 0.4) is 0 Å². The second kappa shape index (κ2) is 10.1. The highest BCUT2D eigenvalue weighted by atomic mass is 79.9. The summed E-state index contributed by atoms with van der Waals surface area (Å²) < 4.78 is 2.07.